The summed E-state index contributed by atoms with van der Waals surface area (Å²) in [5, 5.41) is 2.87. The maximum Gasteiger partial charge on any atom is 0.231 e. The molecule has 0 unspecified atom stereocenters. The molecule has 3 aromatic rings. The summed E-state index contributed by atoms with van der Waals surface area (Å²) in [5.74, 6) is 1.46. The zero-order valence-electron chi connectivity index (χ0n) is 10.5. The summed E-state index contributed by atoms with van der Waals surface area (Å²) in [5.41, 5.74) is 1.76. The second-order valence-corrected chi connectivity index (χ2v) is 5.52. The zero-order chi connectivity index (χ0) is 13.5. The van der Waals surface area contributed by atoms with E-state index in [-0.39, 0.29) is 5.78 Å². The number of carbonyl (C=O) groups excluding carboxylic acids is 1. The highest BCUT2D eigenvalue weighted by atomic mass is 32.1. The minimum Gasteiger partial charge on any atom is -0.438 e. The van der Waals surface area contributed by atoms with E-state index in [0.717, 1.165) is 33.5 Å². The van der Waals surface area contributed by atoms with Crippen LogP contribution in [0.15, 0.2) is 36.0 Å². The Bertz CT molecular complexity index is 826. The van der Waals surface area contributed by atoms with Crippen LogP contribution in [-0.4, -0.2) is 15.8 Å². The SMILES string of the molecule is O=C1CCc2c(Oc3ncnc4sccc34)cccc21. The van der Waals surface area contributed by atoms with Crippen molar-refractivity contribution in [1.82, 2.24) is 9.97 Å². The van der Waals surface area contributed by atoms with Crippen LogP contribution < -0.4 is 4.74 Å². The third-order valence-corrected chi connectivity index (χ3v) is 4.29. The number of rotatable bonds is 2. The Morgan fingerprint density at radius 1 is 1.15 bits per heavy atom. The van der Waals surface area contributed by atoms with Gasteiger partial charge in [-0.1, -0.05) is 12.1 Å². The number of aromatic nitrogens is 2. The van der Waals surface area contributed by atoms with Gasteiger partial charge in [0, 0.05) is 17.5 Å². The number of hydrogen-bond donors (Lipinski definition) is 0. The largest absolute Gasteiger partial charge is 0.438 e. The molecule has 4 rings (SSSR count). The molecule has 5 heteroatoms. The van der Waals surface area contributed by atoms with Crippen LogP contribution >= 0.6 is 11.3 Å². The first-order valence-corrected chi connectivity index (χ1v) is 7.22. The van der Waals surface area contributed by atoms with Crippen molar-refractivity contribution < 1.29 is 9.53 Å². The summed E-state index contributed by atoms with van der Waals surface area (Å²) in [6, 6.07) is 7.54. The fourth-order valence-corrected chi connectivity index (χ4v) is 3.23. The molecule has 0 aliphatic heterocycles. The van der Waals surface area contributed by atoms with Gasteiger partial charge >= 0.3 is 0 Å². The fraction of sp³-hybridized carbons (Fsp3) is 0.133. The van der Waals surface area contributed by atoms with Crippen LogP contribution in [0.3, 0.4) is 0 Å². The lowest BCUT2D eigenvalue weighted by atomic mass is 10.1. The molecule has 20 heavy (non-hydrogen) atoms. The third kappa shape index (κ3) is 1.71. The Balaban J connectivity index is 1.81. The molecule has 2 aromatic heterocycles. The number of Topliss-reactive ketones (excluding diaryl/α,β-unsaturated/α-hetero) is 1. The molecule has 0 amide bonds. The predicted octanol–water partition coefficient (Wildman–Crippen LogP) is 3.61. The van der Waals surface area contributed by atoms with E-state index in [2.05, 4.69) is 9.97 Å². The first-order chi connectivity index (χ1) is 9.83. The fourth-order valence-electron chi connectivity index (χ4n) is 2.51. The van der Waals surface area contributed by atoms with Gasteiger partial charge in [-0.05, 0) is 23.9 Å². The Morgan fingerprint density at radius 2 is 2.10 bits per heavy atom. The molecular formula is C15H10N2O2S. The highest BCUT2D eigenvalue weighted by molar-refractivity contribution is 7.16. The summed E-state index contributed by atoms with van der Waals surface area (Å²) in [7, 11) is 0. The molecule has 0 saturated heterocycles. The molecular weight excluding hydrogens is 272 g/mol. The van der Waals surface area contributed by atoms with Crippen LogP contribution in [0, 0.1) is 0 Å². The Labute approximate surface area is 119 Å². The smallest absolute Gasteiger partial charge is 0.231 e. The number of thiophene rings is 1. The summed E-state index contributed by atoms with van der Waals surface area (Å²) >= 11 is 1.55. The summed E-state index contributed by atoms with van der Waals surface area (Å²) in [6.07, 6.45) is 2.80. The molecule has 4 nitrogen and oxygen atoms in total. The number of nitrogens with zero attached hydrogens (tertiary/aromatic N) is 2. The van der Waals surface area contributed by atoms with Gasteiger partial charge in [-0.15, -0.1) is 11.3 Å². The molecule has 0 saturated carbocycles. The summed E-state index contributed by atoms with van der Waals surface area (Å²) in [4.78, 5) is 21.1. The maximum absolute atomic E-state index is 11.8. The third-order valence-electron chi connectivity index (χ3n) is 3.47. The monoisotopic (exact) mass is 282 g/mol. The number of ether oxygens (including phenoxy) is 1. The highest BCUT2D eigenvalue weighted by Gasteiger charge is 2.23. The molecule has 0 spiro atoms. The topological polar surface area (TPSA) is 52.1 Å². The molecule has 0 N–H and O–H groups in total. The van der Waals surface area contributed by atoms with Crippen LogP contribution in [0.2, 0.25) is 0 Å². The van der Waals surface area contributed by atoms with E-state index in [0.29, 0.717) is 12.3 Å². The summed E-state index contributed by atoms with van der Waals surface area (Å²) < 4.78 is 5.94. The Hall–Kier alpha value is -2.27. The summed E-state index contributed by atoms with van der Waals surface area (Å²) in [6.45, 7) is 0. The lowest BCUT2D eigenvalue weighted by Crippen LogP contribution is -1.95. The molecule has 1 aliphatic rings. The average Bonchev–Trinajstić information content (AvgIpc) is 3.08. The van der Waals surface area contributed by atoms with Crippen molar-refractivity contribution in [2.75, 3.05) is 0 Å². The molecule has 1 aromatic carbocycles. The van der Waals surface area contributed by atoms with E-state index in [4.69, 9.17) is 4.74 Å². The van der Waals surface area contributed by atoms with Crippen molar-refractivity contribution in [3.05, 3.63) is 47.1 Å². The first kappa shape index (κ1) is 11.5. The molecule has 0 radical (unpaired) electrons. The van der Waals surface area contributed by atoms with Crippen LogP contribution in [0.5, 0.6) is 11.6 Å². The molecule has 0 bridgehead atoms. The molecule has 0 fully saturated rings. The molecule has 0 atom stereocenters. The first-order valence-electron chi connectivity index (χ1n) is 6.34. The van der Waals surface area contributed by atoms with Crippen molar-refractivity contribution in [2.24, 2.45) is 0 Å². The number of hydrogen-bond acceptors (Lipinski definition) is 5. The van der Waals surface area contributed by atoms with E-state index >= 15 is 0 Å². The van der Waals surface area contributed by atoms with Gasteiger partial charge in [0.25, 0.3) is 0 Å². The quantitative estimate of drug-likeness (QED) is 0.720. The van der Waals surface area contributed by atoms with Crippen LogP contribution in [-0.2, 0) is 6.42 Å². The van der Waals surface area contributed by atoms with Crippen molar-refractivity contribution >= 4 is 27.3 Å². The lowest BCUT2D eigenvalue weighted by Gasteiger charge is -2.09. The maximum atomic E-state index is 11.8. The van der Waals surface area contributed by atoms with Crippen molar-refractivity contribution in [3.8, 4) is 11.6 Å². The van der Waals surface area contributed by atoms with E-state index < -0.39 is 0 Å². The number of carbonyl (C=O) groups is 1. The van der Waals surface area contributed by atoms with Crippen molar-refractivity contribution in [1.29, 1.82) is 0 Å². The van der Waals surface area contributed by atoms with Gasteiger partial charge in [0.15, 0.2) is 5.78 Å². The van der Waals surface area contributed by atoms with Crippen molar-refractivity contribution in [3.63, 3.8) is 0 Å². The van der Waals surface area contributed by atoms with Crippen molar-refractivity contribution in [2.45, 2.75) is 12.8 Å². The van der Waals surface area contributed by atoms with Gasteiger partial charge in [0.2, 0.25) is 5.88 Å². The van der Waals surface area contributed by atoms with E-state index in [1.807, 2.05) is 29.6 Å². The van der Waals surface area contributed by atoms with Gasteiger partial charge in [0.05, 0.1) is 5.39 Å². The average molecular weight is 282 g/mol. The van der Waals surface area contributed by atoms with E-state index in [1.165, 1.54) is 6.33 Å². The van der Waals surface area contributed by atoms with Crippen LogP contribution in [0.25, 0.3) is 10.2 Å². The van der Waals surface area contributed by atoms with Gasteiger partial charge in [0.1, 0.15) is 16.9 Å². The van der Waals surface area contributed by atoms with Gasteiger partial charge in [-0.2, -0.15) is 0 Å². The normalized spacial score (nSPS) is 13.7. The zero-order valence-corrected chi connectivity index (χ0v) is 11.3. The van der Waals surface area contributed by atoms with E-state index in [9.17, 15) is 4.79 Å². The molecule has 98 valence electrons. The second kappa shape index (κ2) is 4.38. The van der Waals surface area contributed by atoms with Gasteiger partial charge < -0.3 is 4.74 Å². The number of fused-ring (bicyclic) bond motifs is 2. The second-order valence-electron chi connectivity index (χ2n) is 4.63. The minimum atomic E-state index is 0.189. The number of ketones is 1. The van der Waals surface area contributed by atoms with Gasteiger partial charge in [-0.3, -0.25) is 4.79 Å². The van der Waals surface area contributed by atoms with Crippen LogP contribution in [0.1, 0.15) is 22.3 Å². The minimum absolute atomic E-state index is 0.189. The van der Waals surface area contributed by atoms with Crippen LogP contribution in [0.4, 0.5) is 0 Å². The highest BCUT2D eigenvalue weighted by Crippen LogP contribution is 2.35. The molecule has 1 aliphatic carbocycles. The Morgan fingerprint density at radius 3 is 3.05 bits per heavy atom. The predicted molar refractivity (Wildman–Crippen MR) is 76.6 cm³/mol. The molecule has 2 heterocycles. The standard InChI is InChI=1S/C15H10N2O2S/c18-12-5-4-10-9(12)2-1-3-13(10)19-14-11-6-7-20-15(11)17-8-16-14/h1-3,6-8H,4-5H2. The van der Waals surface area contributed by atoms with E-state index in [1.54, 1.807) is 11.3 Å². The van der Waals surface area contributed by atoms with Gasteiger partial charge in [-0.25, -0.2) is 9.97 Å². The number of benzene rings is 1. The lowest BCUT2D eigenvalue weighted by molar-refractivity contribution is 0.0994. The Kier molecular flexibility index (Phi) is 2.53.